The van der Waals surface area contributed by atoms with Crippen LogP contribution in [0, 0.1) is 16.7 Å². The first kappa shape index (κ1) is 19.8. The molecule has 25 heavy (non-hydrogen) atoms. The van der Waals surface area contributed by atoms with Crippen molar-refractivity contribution in [1.29, 1.82) is 0 Å². The number of nitrogens with zero attached hydrogens (tertiary/aromatic N) is 2. The van der Waals surface area contributed by atoms with E-state index < -0.39 is 11.9 Å². The van der Waals surface area contributed by atoms with Crippen molar-refractivity contribution in [3.63, 3.8) is 0 Å². The Hall–Kier alpha value is -1.47. The Bertz CT molecular complexity index is 716. The van der Waals surface area contributed by atoms with E-state index in [0.29, 0.717) is 30.1 Å². The molecule has 6 nitrogen and oxygen atoms in total. The lowest BCUT2D eigenvalue weighted by atomic mass is 10.0. The largest absolute Gasteiger partial charge is 0.481 e. The Morgan fingerprint density at radius 3 is 2.40 bits per heavy atom. The molecule has 2 rings (SSSR count). The van der Waals surface area contributed by atoms with Crippen molar-refractivity contribution in [2.24, 2.45) is 21.7 Å². The van der Waals surface area contributed by atoms with Crippen molar-refractivity contribution >= 4 is 23.2 Å². The molecule has 7 heteroatoms. The summed E-state index contributed by atoms with van der Waals surface area (Å²) in [6.45, 7) is 11.1. The third-order valence-electron chi connectivity index (χ3n) is 5.88. The summed E-state index contributed by atoms with van der Waals surface area (Å²) in [5.74, 6) is -1.71. The predicted molar refractivity (Wildman–Crippen MR) is 96.5 cm³/mol. The number of carboxylic acid groups (broad SMARTS) is 1. The average Bonchev–Trinajstić information content (AvgIpc) is 2.78. The first-order valence-corrected chi connectivity index (χ1v) is 9.46. The van der Waals surface area contributed by atoms with Gasteiger partial charge in [-0.2, -0.15) is 4.99 Å². The molecular weight excluding hydrogens is 340 g/mol. The number of aromatic nitrogens is 1. The van der Waals surface area contributed by atoms with Gasteiger partial charge in [-0.25, -0.2) is 0 Å². The smallest absolute Gasteiger partial charge is 0.312 e. The summed E-state index contributed by atoms with van der Waals surface area (Å²) in [5, 5.41) is 11.3. The summed E-state index contributed by atoms with van der Waals surface area (Å²) in [5.41, 5.74) is 0.536. The van der Waals surface area contributed by atoms with Crippen molar-refractivity contribution in [2.75, 3.05) is 13.7 Å². The lowest BCUT2D eigenvalue weighted by Crippen LogP contribution is -2.25. The van der Waals surface area contributed by atoms with E-state index in [1.807, 2.05) is 11.5 Å². The van der Waals surface area contributed by atoms with Gasteiger partial charge in [0.2, 0.25) is 0 Å². The van der Waals surface area contributed by atoms with Crippen LogP contribution in [0.15, 0.2) is 10.4 Å². The van der Waals surface area contributed by atoms with Gasteiger partial charge in [-0.15, -0.1) is 11.3 Å². The minimum atomic E-state index is -0.867. The molecule has 1 aromatic heterocycles. The highest BCUT2D eigenvalue weighted by atomic mass is 32.1. The normalized spacial score (nSPS) is 20.5. The average molecular weight is 368 g/mol. The molecule has 1 fully saturated rings. The quantitative estimate of drug-likeness (QED) is 0.802. The van der Waals surface area contributed by atoms with Crippen molar-refractivity contribution in [1.82, 2.24) is 4.57 Å². The van der Waals surface area contributed by atoms with Crippen LogP contribution in [-0.2, 0) is 20.9 Å². The van der Waals surface area contributed by atoms with Crippen molar-refractivity contribution in [2.45, 2.75) is 53.5 Å². The van der Waals surface area contributed by atoms with E-state index in [2.05, 4.69) is 32.7 Å². The Labute approximate surface area is 152 Å². The van der Waals surface area contributed by atoms with Gasteiger partial charge in [0.05, 0.1) is 18.4 Å². The molecule has 1 atom stereocenters. The Kier molecular flexibility index (Phi) is 5.59. The second-order valence-corrected chi connectivity index (χ2v) is 8.55. The first-order chi connectivity index (χ1) is 11.6. The molecule has 140 valence electrons. The molecule has 1 aromatic rings. The van der Waals surface area contributed by atoms with E-state index in [1.165, 1.54) is 11.3 Å². The number of rotatable bonds is 7. The molecule has 1 aliphatic rings. The molecule has 1 N–H and O–H groups in total. The van der Waals surface area contributed by atoms with Gasteiger partial charge in [0.25, 0.3) is 5.91 Å². The fraction of sp³-hybridized carbons (Fsp3) is 0.722. The molecule has 0 spiro atoms. The highest BCUT2D eigenvalue weighted by molar-refractivity contribution is 7.07. The second kappa shape index (κ2) is 7.03. The van der Waals surface area contributed by atoms with Crippen LogP contribution in [0.1, 0.15) is 52.7 Å². The Morgan fingerprint density at radius 2 is 1.96 bits per heavy atom. The molecular formula is C18H28N2O4S. The second-order valence-electron chi connectivity index (χ2n) is 7.71. The topological polar surface area (TPSA) is 80.9 Å². The van der Waals surface area contributed by atoms with E-state index >= 15 is 0 Å². The summed E-state index contributed by atoms with van der Waals surface area (Å²) in [6.07, 6.45) is 0.481. The maximum Gasteiger partial charge on any atom is 0.312 e. The van der Waals surface area contributed by atoms with Crippen LogP contribution in [0.5, 0.6) is 0 Å². The highest BCUT2D eigenvalue weighted by Crippen LogP contribution is 2.68. The lowest BCUT2D eigenvalue weighted by Gasteiger charge is -2.13. The predicted octanol–water partition coefficient (Wildman–Crippen LogP) is 2.88. The van der Waals surface area contributed by atoms with Crippen molar-refractivity contribution in [3.05, 3.63) is 15.9 Å². The molecule has 1 saturated carbocycles. The molecule has 0 saturated heterocycles. The fourth-order valence-corrected chi connectivity index (χ4v) is 4.58. The standard InChI is InChI=1S/C18H28N2O4S/c1-7-11(15(22)23)12-10-25-16(20(12)8-9-24-6)19-14(21)13-17(2,3)18(13,4)5/h10-11,13H,7-9H2,1-6H3,(H,22,23). The molecule has 0 aliphatic heterocycles. The third-order valence-corrected chi connectivity index (χ3v) is 6.77. The zero-order chi connectivity index (χ0) is 19.0. The monoisotopic (exact) mass is 368 g/mol. The SMILES string of the molecule is CCC(C(=O)O)c1csc(=NC(=O)C2C(C)(C)C2(C)C)n1CCOC. The maximum absolute atomic E-state index is 12.7. The molecule has 0 bridgehead atoms. The molecule has 0 aromatic carbocycles. The van der Waals surface area contributed by atoms with Crippen LogP contribution < -0.4 is 4.80 Å². The van der Waals surface area contributed by atoms with Crippen LogP contribution >= 0.6 is 11.3 Å². The van der Waals surface area contributed by atoms with Crippen LogP contribution in [0.2, 0.25) is 0 Å². The number of amides is 1. The summed E-state index contributed by atoms with van der Waals surface area (Å²) in [4.78, 5) is 29.1. The number of ether oxygens (including phenoxy) is 1. The van der Waals surface area contributed by atoms with E-state index in [0.717, 1.165) is 0 Å². The van der Waals surface area contributed by atoms with Gasteiger partial charge in [0, 0.05) is 24.7 Å². The molecule has 1 heterocycles. The van der Waals surface area contributed by atoms with E-state index in [9.17, 15) is 14.7 Å². The number of carboxylic acids is 1. The Morgan fingerprint density at radius 1 is 1.36 bits per heavy atom. The minimum absolute atomic E-state index is 0.0714. The number of hydrogen-bond acceptors (Lipinski definition) is 4. The third kappa shape index (κ3) is 3.44. The van der Waals surface area contributed by atoms with Gasteiger partial charge in [0.1, 0.15) is 0 Å². The van der Waals surface area contributed by atoms with Gasteiger partial charge >= 0.3 is 5.97 Å². The van der Waals surface area contributed by atoms with Crippen LogP contribution in [0.3, 0.4) is 0 Å². The summed E-state index contributed by atoms with van der Waals surface area (Å²) >= 11 is 1.32. The minimum Gasteiger partial charge on any atom is -0.481 e. The highest BCUT2D eigenvalue weighted by Gasteiger charge is 2.68. The van der Waals surface area contributed by atoms with E-state index in [1.54, 1.807) is 12.5 Å². The number of aliphatic carboxylic acids is 1. The van der Waals surface area contributed by atoms with Gasteiger partial charge < -0.3 is 14.4 Å². The maximum atomic E-state index is 12.7. The molecule has 1 unspecified atom stereocenters. The zero-order valence-electron chi connectivity index (χ0n) is 15.8. The van der Waals surface area contributed by atoms with Gasteiger partial charge in [-0.05, 0) is 17.3 Å². The summed E-state index contributed by atoms with van der Waals surface area (Å²) in [7, 11) is 1.60. The van der Waals surface area contributed by atoms with Crippen LogP contribution in [-0.4, -0.2) is 35.3 Å². The number of thiazole rings is 1. The Balaban J connectivity index is 2.42. The van der Waals surface area contributed by atoms with Crippen LogP contribution in [0.4, 0.5) is 0 Å². The van der Waals surface area contributed by atoms with Gasteiger partial charge in [0.15, 0.2) is 4.80 Å². The number of methoxy groups -OCH3 is 1. The zero-order valence-corrected chi connectivity index (χ0v) is 16.6. The first-order valence-electron chi connectivity index (χ1n) is 8.58. The van der Waals surface area contributed by atoms with E-state index in [-0.39, 0.29) is 22.7 Å². The van der Waals surface area contributed by atoms with Gasteiger partial charge in [-0.1, -0.05) is 34.6 Å². The summed E-state index contributed by atoms with van der Waals surface area (Å²) < 4.78 is 6.96. The van der Waals surface area contributed by atoms with Crippen molar-refractivity contribution in [3.8, 4) is 0 Å². The van der Waals surface area contributed by atoms with Gasteiger partial charge in [-0.3, -0.25) is 9.59 Å². The molecule has 1 aliphatic carbocycles. The summed E-state index contributed by atoms with van der Waals surface area (Å²) in [6, 6.07) is 0. The number of carbonyl (C=O) groups is 2. The lowest BCUT2D eigenvalue weighted by molar-refractivity contribution is -0.139. The van der Waals surface area contributed by atoms with Crippen LogP contribution in [0.25, 0.3) is 0 Å². The molecule has 1 amide bonds. The van der Waals surface area contributed by atoms with Crippen molar-refractivity contribution < 1.29 is 19.4 Å². The number of carbonyl (C=O) groups excluding carboxylic acids is 1. The fourth-order valence-electron chi connectivity index (χ4n) is 3.60. The molecule has 0 radical (unpaired) electrons. The number of hydrogen-bond donors (Lipinski definition) is 1. The van der Waals surface area contributed by atoms with E-state index in [4.69, 9.17) is 4.74 Å².